The third-order valence-electron chi connectivity index (χ3n) is 2.96. The van der Waals surface area contributed by atoms with Crippen LogP contribution in [0.5, 0.6) is 0 Å². The predicted molar refractivity (Wildman–Crippen MR) is 65.0 cm³/mol. The van der Waals surface area contributed by atoms with Crippen LogP contribution in [0.25, 0.3) is 10.9 Å². The standard InChI is InChI=1S/C13H18N2/c1-4-15-8-12(10(3)14)11-7-5-6-9(2)13(11)15/h5-8,10H,4,14H2,1-3H3. The number of hydrogen-bond donors (Lipinski definition) is 1. The van der Waals surface area contributed by atoms with E-state index in [0.29, 0.717) is 0 Å². The number of nitrogens with zero attached hydrogens (tertiary/aromatic N) is 1. The van der Waals surface area contributed by atoms with E-state index in [1.807, 2.05) is 6.92 Å². The second-order valence-corrected chi connectivity index (χ2v) is 4.13. The Kier molecular flexibility index (Phi) is 2.53. The Bertz CT molecular complexity index is 480. The van der Waals surface area contributed by atoms with Gasteiger partial charge in [0.1, 0.15) is 0 Å². The number of aromatic nitrogens is 1. The fourth-order valence-corrected chi connectivity index (χ4v) is 2.19. The Morgan fingerprint density at radius 1 is 1.40 bits per heavy atom. The first-order valence-corrected chi connectivity index (χ1v) is 5.49. The molecule has 0 spiro atoms. The number of para-hydroxylation sites is 1. The zero-order valence-corrected chi connectivity index (χ0v) is 9.62. The predicted octanol–water partition coefficient (Wildman–Crippen LogP) is 2.99. The van der Waals surface area contributed by atoms with Crippen molar-refractivity contribution in [2.45, 2.75) is 33.4 Å². The molecule has 1 aromatic carbocycles. The molecule has 2 rings (SSSR count). The van der Waals surface area contributed by atoms with Crippen LogP contribution in [0.1, 0.15) is 31.0 Å². The zero-order chi connectivity index (χ0) is 11.0. The quantitative estimate of drug-likeness (QED) is 0.797. The van der Waals surface area contributed by atoms with E-state index in [1.54, 1.807) is 0 Å². The highest BCUT2D eigenvalue weighted by Crippen LogP contribution is 2.27. The van der Waals surface area contributed by atoms with E-state index in [4.69, 9.17) is 5.73 Å². The van der Waals surface area contributed by atoms with Crippen LogP contribution in [-0.4, -0.2) is 4.57 Å². The SMILES string of the molecule is CCn1cc(C(C)N)c2cccc(C)c21. The first kappa shape index (κ1) is 10.2. The van der Waals surface area contributed by atoms with Gasteiger partial charge in [-0.2, -0.15) is 0 Å². The molecule has 0 aliphatic carbocycles. The lowest BCUT2D eigenvalue weighted by atomic mass is 10.1. The van der Waals surface area contributed by atoms with Gasteiger partial charge in [-0.1, -0.05) is 18.2 Å². The second kappa shape index (κ2) is 3.70. The minimum absolute atomic E-state index is 0.0992. The van der Waals surface area contributed by atoms with E-state index in [0.717, 1.165) is 6.54 Å². The molecule has 2 N–H and O–H groups in total. The average Bonchev–Trinajstić information content (AvgIpc) is 2.58. The van der Waals surface area contributed by atoms with Crippen LogP contribution in [0, 0.1) is 6.92 Å². The maximum Gasteiger partial charge on any atom is 0.0513 e. The highest BCUT2D eigenvalue weighted by Gasteiger charge is 2.11. The van der Waals surface area contributed by atoms with Crippen LogP contribution in [0.3, 0.4) is 0 Å². The van der Waals surface area contributed by atoms with Gasteiger partial charge in [-0.25, -0.2) is 0 Å². The van der Waals surface area contributed by atoms with Crippen LogP contribution in [-0.2, 0) is 6.54 Å². The van der Waals surface area contributed by atoms with Crippen LogP contribution in [0.4, 0.5) is 0 Å². The van der Waals surface area contributed by atoms with E-state index < -0.39 is 0 Å². The normalized spacial score (nSPS) is 13.3. The summed E-state index contributed by atoms with van der Waals surface area (Å²) >= 11 is 0. The molecule has 0 saturated heterocycles. The third-order valence-corrected chi connectivity index (χ3v) is 2.96. The molecule has 1 heterocycles. The van der Waals surface area contributed by atoms with Crippen molar-refractivity contribution in [2.24, 2.45) is 5.73 Å². The molecule has 80 valence electrons. The molecule has 2 heteroatoms. The van der Waals surface area contributed by atoms with Gasteiger partial charge in [0.05, 0.1) is 5.52 Å². The topological polar surface area (TPSA) is 30.9 Å². The Balaban J connectivity index is 2.81. The first-order chi connectivity index (χ1) is 7.15. The highest BCUT2D eigenvalue weighted by atomic mass is 15.0. The van der Waals surface area contributed by atoms with E-state index in [2.05, 4.69) is 42.8 Å². The molecule has 0 amide bonds. The van der Waals surface area contributed by atoms with Gasteiger partial charge in [-0.15, -0.1) is 0 Å². The maximum absolute atomic E-state index is 5.98. The molecular formula is C13H18N2. The molecule has 0 aliphatic rings. The van der Waals surface area contributed by atoms with Gasteiger partial charge in [0.25, 0.3) is 0 Å². The molecule has 0 radical (unpaired) electrons. The molecule has 1 atom stereocenters. The first-order valence-electron chi connectivity index (χ1n) is 5.49. The summed E-state index contributed by atoms with van der Waals surface area (Å²) in [5.74, 6) is 0. The summed E-state index contributed by atoms with van der Waals surface area (Å²) in [5, 5.41) is 1.30. The summed E-state index contributed by atoms with van der Waals surface area (Å²) in [5.41, 5.74) is 9.88. The van der Waals surface area contributed by atoms with E-state index in [-0.39, 0.29) is 6.04 Å². The Morgan fingerprint density at radius 2 is 2.13 bits per heavy atom. The van der Waals surface area contributed by atoms with Crippen molar-refractivity contribution in [3.8, 4) is 0 Å². The minimum Gasteiger partial charge on any atom is -0.347 e. The number of hydrogen-bond acceptors (Lipinski definition) is 1. The van der Waals surface area contributed by atoms with Gasteiger partial charge >= 0.3 is 0 Å². The Morgan fingerprint density at radius 3 is 2.73 bits per heavy atom. The Hall–Kier alpha value is -1.28. The number of aryl methyl sites for hydroxylation is 2. The minimum atomic E-state index is 0.0992. The van der Waals surface area contributed by atoms with Gasteiger partial charge in [0.2, 0.25) is 0 Å². The zero-order valence-electron chi connectivity index (χ0n) is 9.62. The highest BCUT2D eigenvalue weighted by molar-refractivity contribution is 5.87. The lowest BCUT2D eigenvalue weighted by Crippen LogP contribution is -2.03. The van der Waals surface area contributed by atoms with Gasteiger partial charge in [0.15, 0.2) is 0 Å². The number of benzene rings is 1. The van der Waals surface area contributed by atoms with Crippen molar-refractivity contribution in [3.05, 3.63) is 35.5 Å². The van der Waals surface area contributed by atoms with Crippen molar-refractivity contribution in [3.63, 3.8) is 0 Å². The maximum atomic E-state index is 5.98. The fourth-order valence-electron chi connectivity index (χ4n) is 2.19. The van der Waals surface area contributed by atoms with E-state index >= 15 is 0 Å². The Labute approximate surface area is 90.7 Å². The molecule has 1 unspecified atom stereocenters. The number of rotatable bonds is 2. The molecule has 15 heavy (non-hydrogen) atoms. The van der Waals surface area contributed by atoms with E-state index in [1.165, 1.54) is 22.0 Å². The molecular weight excluding hydrogens is 184 g/mol. The van der Waals surface area contributed by atoms with Crippen LogP contribution < -0.4 is 5.73 Å². The smallest absolute Gasteiger partial charge is 0.0513 e. The van der Waals surface area contributed by atoms with Crippen molar-refractivity contribution < 1.29 is 0 Å². The van der Waals surface area contributed by atoms with Crippen molar-refractivity contribution in [2.75, 3.05) is 0 Å². The fraction of sp³-hybridized carbons (Fsp3) is 0.385. The van der Waals surface area contributed by atoms with Crippen molar-refractivity contribution in [1.29, 1.82) is 0 Å². The second-order valence-electron chi connectivity index (χ2n) is 4.13. The lowest BCUT2D eigenvalue weighted by molar-refractivity contribution is 0.769. The monoisotopic (exact) mass is 202 g/mol. The average molecular weight is 202 g/mol. The van der Waals surface area contributed by atoms with Gasteiger partial charge in [-0.3, -0.25) is 0 Å². The number of nitrogens with two attached hydrogens (primary N) is 1. The molecule has 1 aromatic heterocycles. The summed E-state index contributed by atoms with van der Waals surface area (Å²) in [4.78, 5) is 0. The van der Waals surface area contributed by atoms with Gasteiger partial charge < -0.3 is 10.3 Å². The van der Waals surface area contributed by atoms with Crippen LogP contribution >= 0.6 is 0 Å². The van der Waals surface area contributed by atoms with Gasteiger partial charge in [0, 0.05) is 24.2 Å². The van der Waals surface area contributed by atoms with Crippen LogP contribution in [0.2, 0.25) is 0 Å². The molecule has 2 aromatic rings. The van der Waals surface area contributed by atoms with Crippen molar-refractivity contribution in [1.82, 2.24) is 4.57 Å². The summed E-state index contributed by atoms with van der Waals surface area (Å²) in [6, 6.07) is 6.51. The van der Waals surface area contributed by atoms with Crippen molar-refractivity contribution >= 4 is 10.9 Å². The van der Waals surface area contributed by atoms with E-state index in [9.17, 15) is 0 Å². The summed E-state index contributed by atoms with van der Waals surface area (Å²) < 4.78 is 2.28. The molecule has 0 aliphatic heterocycles. The largest absolute Gasteiger partial charge is 0.347 e. The molecule has 0 bridgehead atoms. The summed E-state index contributed by atoms with van der Waals surface area (Å²) in [6.07, 6.45) is 2.18. The summed E-state index contributed by atoms with van der Waals surface area (Å²) in [7, 11) is 0. The van der Waals surface area contributed by atoms with Gasteiger partial charge in [-0.05, 0) is 31.9 Å². The summed E-state index contributed by atoms with van der Waals surface area (Å²) in [6.45, 7) is 7.35. The molecule has 2 nitrogen and oxygen atoms in total. The molecule has 0 saturated carbocycles. The molecule has 0 fully saturated rings. The third kappa shape index (κ3) is 1.55. The lowest BCUT2D eigenvalue weighted by Gasteiger charge is -2.03. The van der Waals surface area contributed by atoms with Crippen LogP contribution in [0.15, 0.2) is 24.4 Å². The number of fused-ring (bicyclic) bond motifs is 1.